The van der Waals surface area contributed by atoms with Crippen molar-refractivity contribution in [3.05, 3.63) is 82.9 Å². The topological polar surface area (TPSA) is 74.5 Å². The normalized spacial score (nSPS) is 19.5. The van der Waals surface area contributed by atoms with Gasteiger partial charge in [0.25, 0.3) is 0 Å². The molecule has 0 amide bonds. The third-order valence-electron chi connectivity index (χ3n) is 5.62. The number of hydrazone groups is 1. The van der Waals surface area contributed by atoms with Crippen LogP contribution in [0.4, 0.5) is 0 Å². The molecule has 2 aliphatic rings. The summed E-state index contributed by atoms with van der Waals surface area (Å²) >= 11 is 0. The van der Waals surface area contributed by atoms with E-state index in [4.69, 9.17) is 14.6 Å². The SMILES string of the molecule is COc1cccc2c1O[C@@H](c1cccc(O)c1)N1N=C(c3cc(C)ccc3O)C[C@@H]21. The maximum Gasteiger partial charge on any atom is 0.214 e. The van der Waals surface area contributed by atoms with Crippen molar-refractivity contribution in [2.75, 3.05) is 7.11 Å². The smallest absolute Gasteiger partial charge is 0.214 e. The molecule has 0 aromatic heterocycles. The summed E-state index contributed by atoms with van der Waals surface area (Å²) in [5.41, 5.74) is 4.35. The largest absolute Gasteiger partial charge is 0.508 e. The molecule has 2 N–H and O–H groups in total. The molecule has 3 aromatic carbocycles. The lowest BCUT2D eigenvalue weighted by atomic mass is 9.94. The van der Waals surface area contributed by atoms with Crippen LogP contribution in [0.25, 0.3) is 0 Å². The van der Waals surface area contributed by atoms with Gasteiger partial charge in [-0.1, -0.05) is 35.9 Å². The lowest BCUT2D eigenvalue weighted by Crippen LogP contribution is -2.33. The van der Waals surface area contributed by atoms with Crippen molar-refractivity contribution in [2.24, 2.45) is 5.10 Å². The van der Waals surface area contributed by atoms with Gasteiger partial charge in [0, 0.05) is 23.1 Å². The third-order valence-corrected chi connectivity index (χ3v) is 5.62. The quantitative estimate of drug-likeness (QED) is 0.667. The Hall–Kier alpha value is -3.67. The van der Waals surface area contributed by atoms with Crippen LogP contribution in [-0.2, 0) is 0 Å². The molecule has 2 atom stereocenters. The highest BCUT2D eigenvalue weighted by atomic mass is 16.5. The number of nitrogens with zero attached hydrogens (tertiary/aromatic N) is 2. The first-order chi connectivity index (χ1) is 14.5. The van der Waals surface area contributed by atoms with E-state index in [9.17, 15) is 10.2 Å². The average molecular weight is 402 g/mol. The van der Waals surface area contributed by atoms with Gasteiger partial charge in [-0.3, -0.25) is 0 Å². The Kier molecular flexibility index (Phi) is 4.28. The van der Waals surface area contributed by atoms with Gasteiger partial charge < -0.3 is 19.7 Å². The molecule has 2 heterocycles. The molecule has 5 rings (SSSR count). The molecule has 6 heteroatoms. The number of methoxy groups -OCH3 is 1. The lowest BCUT2D eigenvalue weighted by molar-refractivity contribution is -0.0210. The fraction of sp³-hybridized carbons (Fsp3) is 0.208. The fourth-order valence-corrected chi connectivity index (χ4v) is 4.19. The molecule has 0 saturated carbocycles. The second-order valence-corrected chi connectivity index (χ2v) is 7.61. The summed E-state index contributed by atoms with van der Waals surface area (Å²) in [5, 5.41) is 27.2. The minimum absolute atomic E-state index is 0.0777. The molecule has 0 bridgehead atoms. The van der Waals surface area contributed by atoms with Gasteiger partial charge in [-0.05, 0) is 37.3 Å². The molecule has 0 unspecified atom stereocenters. The van der Waals surface area contributed by atoms with Crippen molar-refractivity contribution in [1.29, 1.82) is 0 Å². The van der Waals surface area contributed by atoms with Gasteiger partial charge in [-0.25, -0.2) is 5.01 Å². The first kappa shape index (κ1) is 18.4. The van der Waals surface area contributed by atoms with E-state index in [0.29, 0.717) is 17.9 Å². The fourth-order valence-electron chi connectivity index (χ4n) is 4.19. The maximum atomic E-state index is 10.4. The zero-order valence-electron chi connectivity index (χ0n) is 16.7. The van der Waals surface area contributed by atoms with Crippen molar-refractivity contribution in [2.45, 2.75) is 25.6 Å². The highest BCUT2D eigenvalue weighted by Gasteiger charge is 2.42. The number of para-hydroxylation sites is 1. The number of phenolic OH excluding ortho intramolecular Hbond substituents is 2. The maximum absolute atomic E-state index is 10.4. The highest BCUT2D eigenvalue weighted by Crippen LogP contribution is 2.51. The average Bonchev–Trinajstić information content (AvgIpc) is 3.20. The molecule has 2 aliphatic heterocycles. The van der Waals surface area contributed by atoms with Crippen LogP contribution in [0.3, 0.4) is 0 Å². The molecule has 0 radical (unpaired) electrons. The van der Waals surface area contributed by atoms with Crippen LogP contribution in [0.2, 0.25) is 0 Å². The van der Waals surface area contributed by atoms with E-state index in [1.807, 2.05) is 48.3 Å². The highest BCUT2D eigenvalue weighted by molar-refractivity contribution is 6.04. The lowest BCUT2D eigenvalue weighted by Gasteiger charge is -2.38. The Bertz CT molecular complexity index is 1160. The summed E-state index contributed by atoms with van der Waals surface area (Å²) in [7, 11) is 1.62. The third kappa shape index (κ3) is 2.92. The standard InChI is InChI=1S/C24H22N2O4/c1-14-9-10-21(28)18(11-14)19-13-20-17-7-4-8-22(29-2)23(17)30-24(26(20)25-19)15-5-3-6-16(27)12-15/h3-12,20,24,27-28H,13H2,1-2H3/t20-,24-/m0/s1. The molecule has 0 fully saturated rings. The van der Waals surface area contributed by atoms with Crippen molar-refractivity contribution < 1.29 is 19.7 Å². The van der Waals surface area contributed by atoms with Crippen LogP contribution in [0, 0.1) is 6.92 Å². The molecule has 3 aromatic rings. The molecule has 0 aliphatic carbocycles. The summed E-state index contributed by atoms with van der Waals surface area (Å²) < 4.78 is 11.9. The molecule has 152 valence electrons. The van der Waals surface area contributed by atoms with E-state index in [1.54, 1.807) is 31.4 Å². The summed E-state index contributed by atoms with van der Waals surface area (Å²) in [6, 6.07) is 18.3. The van der Waals surface area contributed by atoms with Gasteiger partial charge in [-0.15, -0.1) is 0 Å². The molecular weight excluding hydrogens is 380 g/mol. The van der Waals surface area contributed by atoms with Crippen molar-refractivity contribution in [3.63, 3.8) is 0 Å². The van der Waals surface area contributed by atoms with Crippen molar-refractivity contribution in [1.82, 2.24) is 5.01 Å². The zero-order chi connectivity index (χ0) is 20.8. The number of aryl methyl sites for hydroxylation is 1. The van der Waals surface area contributed by atoms with Crippen LogP contribution in [-0.4, -0.2) is 28.0 Å². The van der Waals surface area contributed by atoms with E-state index in [1.165, 1.54) is 0 Å². The Labute approximate surface area is 174 Å². The second-order valence-electron chi connectivity index (χ2n) is 7.61. The van der Waals surface area contributed by atoms with E-state index in [2.05, 4.69) is 0 Å². The molecular formula is C24H22N2O4. The number of benzene rings is 3. The number of rotatable bonds is 3. The van der Waals surface area contributed by atoms with Gasteiger partial charge in [0.1, 0.15) is 11.5 Å². The summed E-state index contributed by atoms with van der Waals surface area (Å²) in [6.07, 6.45) is 0.0888. The van der Waals surface area contributed by atoms with Gasteiger partial charge in [-0.2, -0.15) is 5.10 Å². The molecule has 0 saturated heterocycles. The molecule has 30 heavy (non-hydrogen) atoms. The number of hydrogen-bond acceptors (Lipinski definition) is 6. The number of fused-ring (bicyclic) bond motifs is 3. The van der Waals surface area contributed by atoms with Gasteiger partial charge in [0.2, 0.25) is 6.23 Å². The van der Waals surface area contributed by atoms with E-state index in [0.717, 1.165) is 28.0 Å². The minimum Gasteiger partial charge on any atom is -0.508 e. The number of aromatic hydroxyl groups is 2. The zero-order valence-corrected chi connectivity index (χ0v) is 16.7. The van der Waals surface area contributed by atoms with E-state index in [-0.39, 0.29) is 17.5 Å². The van der Waals surface area contributed by atoms with Crippen LogP contribution >= 0.6 is 0 Å². The van der Waals surface area contributed by atoms with Crippen LogP contribution in [0.1, 0.15) is 40.9 Å². The Morgan fingerprint density at radius 1 is 1.07 bits per heavy atom. The van der Waals surface area contributed by atoms with Crippen molar-refractivity contribution >= 4 is 5.71 Å². The number of ether oxygens (including phenoxy) is 2. The summed E-state index contributed by atoms with van der Waals surface area (Å²) in [5.74, 6) is 1.71. The summed E-state index contributed by atoms with van der Waals surface area (Å²) in [6.45, 7) is 1.99. The number of phenols is 2. The van der Waals surface area contributed by atoms with Crippen molar-refractivity contribution in [3.8, 4) is 23.0 Å². The molecule has 0 spiro atoms. The Balaban J connectivity index is 1.65. The molecule has 6 nitrogen and oxygen atoms in total. The van der Waals surface area contributed by atoms with E-state index >= 15 is 0 Å². The van der Waals surface area contributed by atoms with Gasteiger partial charge in [0.05, 0.1) is 18.9 Å². The summed E-state index contributed by atoms with van der Waals surface area (Å²) in [4.78, 5) is 0. The Morgan fingerprint density at radius 2 is 1.90 bits per heavy atom. The predicted molar refractivity (Wildman–Crippen MR) is 113 cm³/mol. The Morgan fingerprint density at radius 3 is 2.70 bits per heavy atom. The first-order valence-electron chi connectivity index (χ1n) is 9.83. The van der Waals surface area contributed by atoms with Crippen LogP contribution in [0.5, 0.6) is 23.0 Å². The minimum atomic E-state index is -0.532. The van der Waals surface area contributed by atoms with Crippen LogP contribution in [0.15, 0.2) is 65.8 Å². The van der Waals surface area contributed by atoms with Crippen LogP contribution < -0.4 is 9.47 Å². The van der Waals surface area contributed by atoms with E-state index < -0.39 is 6.23 Å². The first-order valence-corrected chi connectivity index (χ1v) is 9.83. The monoisotopic (exact) mass is 402 g/mol. The van der Waals surface area contributed by atoms with Gasteiger partial charge >= 0.3 is 0 Å². The predicted octanol–water partition coefficient (Wildman–Crippen LogP) is 4.66. The van der Waals surface area contributed by atoms with Gasteiger partial charge in [0.15, 0.2) is 11.5 Å². The second kappa shape index (κ2) is 6.99. The number of hydrogen-bond donors (Lipinski definition) is 2.